The molecule has 0 spiro atoms. The molecule has 2 aliphatic heterocycles. The molecule has 0 radical (unpaired) electrons. The number of aromatic nitrogens is 2. The number of hydrogen-bond donors (Lipinski definition) is 3. The van der Waals surface area contributed by atoms with Crippen LogP contribution in [-0.2, 0) is 14.4 Å². The zero-order valence-corrected chi connectivity index (χ0v) is 30.6. The second kappa shape index (κ2) is 18.5. The van der Waals surface area contributed by atoms with E-state index in [1.165, 1.54) is 0 Å². The summed E-state index contributed by atoms with van der Waals surface area (Å²) in [5.74, 6) is 1.61. The highest BCUT2D eigenvalue weighted by atomic mass is 16.5. The van der Waals surface area contributed by atoms with Crippen LogP contribution in [0.3, 0.4) is 0 Å². The number of hydrogen-bond acceptors (Lipinski definition) is 10. The van der Waals surface area contributed by atoms with Crippen LogP contribution in [0.4, 0.5) is 23.1 Å². The molecule has 14 nitrogen and oxygen atoms in total. The maximum Gasteiger partial charge on any atom is 0.251 e. The maximum absolute atomic E-state index is 13.0. The number of methoxy groups -OCH3 is 1. The van der Waals surface area contributed by atoms with Gasteiger partial charge >= 0.3 is 0 Å². The normalized spacial score (nSPS) is 16.3. The largest absolute Gasteiger partial charge is 0.495 e. The van der Waals surface area contributed by atoms with Crippen molar-refractivity contribution in [3.63, 3.8) is 0 Å². The van der Waals surface area contributed by atoms with Crippen LogP contribution in [0.1, 0.15) is 83.0 Å². The van der Waals surface area contributed by atoms with Gasteiger partial charge in [-0.25, -0.2) is 4.98 Å². The van der Waals surface area contributed by atoms with E-state index in [1.54, 1.807) is 43.5 Å². The lowest BCUT2D eigenvalue weighted by Crippen LogP contribution is -2.54. The Bertz CT molecular complexity index is 1480. The predicted octanol–water partition coefficient (Wildman–Crippen LogP) is 3.55. The molecule has 0 aliphatic carbocycles. The number of unbranched alkanes of at least 4 members (excludes halogenated alkanes) is 2. The third-order valence-electron chi connectivity index (χ3n) is 9.27. The number of rotatable bonds is 17. The van der Waals surface area contributed by atoms with Gasteiger partial charge in [-0.2, -0.15) is 4.98 Å². The molecule has 1 fully saturated rings. The Morgan fingerprint density at radius 3 is 2.44 bits per heavy atom. The van der Waals surface area contributed by atoms with Crippen LogP contribution in [0.25, 0.3) is 0 Å². The molecule has 4 amide bonds. The molecule has 2 aromatic rings. The van der Waals surface area contributed by atoms with Crippen LogP contribution in [0, 0.1) is 0 Å². The molecular weight excluding hydrogens is 638 g/mol. The van der Waals surface area contributed by atoms with Crippen LogP contribution in [0.15, 0.2) is 24.4 Å². The summed E-state index contributed by atoms with van der Waals surface area (Å²) in [4.78, 5) is 67.3. The molecule has 1 aromatic heterocycles. The summed E-state index contributed by atoms with van der Waals surface area (Å²) in [7, 11) is 3.29. The van der Waals surface area contributed by atoms with Crippen molar-refractivity contribution in [2.45, 2.75) is 84.7 Å². The zero-order valence-electron chi connectivity index (χ0n) is 30.6. The quantitative estimate of drug-likeness (QED) is 0.210. The molecule has 0 saturated carbocycles. The molecule has 0 bridgehead atoms. The van der Waals surface area contributed by atoms with Gasteiger partial charge in [-0.1, -0.05) is 20.3 Å². The second-order valence-electron chi connectivity index (χ2n) is 13.2. The number of nitrogens with zero attached hydrogens (tertiary/aromatic N) is 6. The monoisotopic (exact) mass is 693 g/mol. The standard InChI is InChI=1S/C36H55N9O5/c1-7-12-31(46)37-16-11-9-10-13-32(47)44-21-19-43(20-22-44)18-17-38-34(48)26-14-15-27(30(23-26)50-6)40-36-39-24-29-33(41-36)45(25(3)4)28(8-2)35(49)42(29)5/h14-15,23-25,28H,7-13,16-22H2,1-6H3,(H,37,46)(H,38,48)(H,39,40,41)/t28-/m1/s1. The van der Waals surface area contributed by atoms with Crippen LogP contribution in [-0.4, -0.2) is 115 Å². The van der Waals surface area contributed by atoms with Gasteiger partial charge in [0.25, 0.3) is 5.91 Å². The molecule has 1 aromatic carbocycles. The number of piperazine rings is 1. The number of anilines is 4. The number of fused-ring (bicyclic) bond motifs is 1. The van der Waals surface area contributed by atoms with Crippen LogP contribution in [0.5, 0.6) is 5.75 Å². The van der Waals surface area contributed by atoms with Gasteiger partial charge in [0, 0.05) is 77.3 Å². The summed E-state index contributed by atoms with van der Waals surface area (Å²) in [5.41, 5.74) is 1.73. The van der Waals surface area contributed by atoms with Gasteiger partial charge in [0.05, 0.1) is 19.0 Å². The van der Waals surface area contributed by atoms with Crippen molar-refractivity contribution in [1.29, 1.82) is 0 Å². The summed E-state index contributed by atoms with van der Waals surface area (Å²) >= 11 is 0. The topological polar surface area (TPSA) is 152 Å². The van der Waals surface area contributed by atoms with Gasteiger partial charge in [0.2, 0.25) is 23.7 Å². The molecular formula is C36H55N9O5. The van der Waals surface area contributed by atoms with Crippen molar-refractivity contribution in [1.82, 2.24) is 30.4 Å². The van der Waals surface area contributed by atoms with Gasteiger partial charge in [0.15, 0.2) is 5.82 Å². The van der Waals surface area contributed by atoms with Crippen LogP contribution < -0.4 is 30.5 Å². The third-order valence-corrected chi connectivity index (χ3v) is 9.27. The van der Waals surface area contributed by atoms with E-state index in [-0.39, 0.29) is 35.7 Å². The lowest BCUT2D eigenvalue weighted by Gasteiger charge is -2.42. The number of carbonyl (C=O) groups excluding carboxylic acids is 4. The average Bonchev–Trinajstić information content (AvgIpc) is 3.11. The van der Waals surface area contributed by atoms with Crippen molar-refractivity contribution < 1.29 is 23.9 Å². The van der Waals surface area contributed by atoms with E-state index in [0.717, 1.165) is 38.8 Å². The van der Waals surface area contributed by atoms with Crippen molar-refractivity contribution >= 4 is 46.8 Å². The highest BCUT2D eigenvalue weighted by Gasteiger charge is 2.38. The number of nitrogens with one attached hydrogen (secondary N) is 3. The van der Waals surface area contributed by atoms with E-state index < -0.39 is 0 Å². The van der Waals surface area contributed by atoms with Crippen molar-refractivity contribution in [2.24, 2.45) is 0 Å². The molecule has 4 rings (SSSR count). The maximum atomic E-state index is 13.0. The first-order valence-electron chi connectivity index (χ1n) is 18.0. The number of likely N-dealkylation sites (N-methyl/N-ethyl adjacent to an activating group) is 1. The van der Waals surface area contributed by atoms with Gasteiger partial charge in [-0.05, 0) is 57.7 Å². The Kier molecular flexibility index (Phi) is 14.2. The third kappa shape index (κ3) is 9.83. The minimum absolute atomic E-state index is 0.0213. The van der Waals surface area contributed by atoms with Gasteiger partial charge < -0.3 is 35.4 Å². The number of carbonyl (C=O) groups is 4. The zero-order chi connectivity index (χ0) is 36.2. The van der Waals surface area contributed by atoms with Gasteiger partial charge in [-0.15, -0.1) is 0 Å². The molecule has 1 atom stereocenters. The summed E-state index contributed by atoms with van der Waals surface area (Å²) in [6.07, 6.45) is 6.90. The molecule has 3 N–H and O–H groups in total. The van der Waals surface area contributed by atoms with Crippen molar-refractivity contribution in [3.05, 3.63) is 30.0 Å². The van der Waals surface area contributed by atoms with E-state index in [0.29, 0.717) is 86.4 Å². The van der Waals surface area contributed by atoms with Crippen molar-refractivity contribution in [3.8, 4) is 5.75 Å². The number of amides is 4. The van der Waals surface area contributed by atoms with Gasteiger partial charge in [0.1, 0.15) is 17.5 Å². The Morgan fingerprint density at radius 1 is 1.00 bits per heavy atom. The first kappa shape index (κ1) is 38.3. The second-order valence-corrected chi connectivity index (χ2v) is 13.2. The average molecular weight is 694 g/mol. The van der Waals surface area contributed by atoms with Crippen LogP contribution >= 0.6 is 0 Å². The lowest BCUT2D eigenvalue weighted by molar-refractivity contribution is -0.133. The van der Waals surface area contributed by atoms with Crippen molar-refractivity contribution in [2.75, 3.05) is 75.1 Å². The highest BCUT2D eigenvalue weighted by molar-refractivity contribution is 6.04. The molecule has 0 unspecified atom stereocenters. The minimum atomic E-state index is -0.305. The lowest BCUT2D eigenvalue weighted by atomic mass is 10.1. The fraction of sp³-hybridized carbons (Fsp3) is 0.611. The molecule has 14 heteroatoms. The highest BCUT2D eigenvalue weighted by Crippen LogP contribution is 2.37. The molecule has 274 valence electrons. The fourth-order valence-electron chi connectivity index (χ4n) is 6.42. The molecule has 2 aliphatic rings. The molecule has 3 heterocycles. The summed E-state index contributed by atoms with van der Waals surface area (Å²) < 4.78 is 5.62. The first-order chi connectivity index (χ1) is 24.1. The fourth-order valence-corrected chi connectivity index (χ4v) is 6.42. The smallest absolute Gasteiger partial charge is 0.251 e. The molecule has 1 saturated heterocycles. The molecule has 50 heavy (non-hydrogen) atoms. The van der Waals surface area contributed by atoms with Gasteiger partial charge in [-0.3, -0.25) is 24.1 Å². The minimum Gasteiger partial charge on any atom is -0.495 e. The Labute approximate surface area is 296 Å². The van der Waals surface area contributed by atoms with E-state index in [4.69, 9.17) is 9.72 Å². The predicted molar refractivity (Wildman–Crippen MR) is 195 cm³/mol. The Hall–Kier alpha value is -4.46. The summed E-state index contributed by atoms with van der Waals surface area (Å²) in [6, 6.07) is 4.93. The summed E-state index contributed by atoms with van der Waals surface area (Å²) in [5, 5.41) is 9.14. The van der Waals surface area contributed by atoms with E-state index in [9.17, 15) is 19.2 Å². The van der Waals surface area contributed by atoms with E-state index >= 15 is 0 Å². The SMILES string of the molecule is CCCC(=O)NCCCCCC(=O)N1CCN(CCNC(=O)c2ccc(Nc3ncc4c(n3)N(C(C)C)[C@H](CC)C(=O)N4C)c(OC)c2)CC1. The number of ether oxygens (including phenoxy) is 1. The Morgan fingerprint density at radius 2 is 1.76 bits per heavy atom. The summed E-state index contributed by atoms with van der Waals surface area (Å²) in [6.45, 7) is 12.8. The van der Waals surface area contributed by atoms with Crippen LogP contribution in [0.2, 0.25) is 0 Å². The number of benzene rings is 1. The van der Waals surface area contributed by atoms with E-state index in [2.05, 4.69) is 25.8 Å². The Balaban J connectivity index is 1.22. The van der Waals surface area contributed by atoms with E-state index in [1.807, 2.05) is 37.5 Å². The first-order valence-corrected chi connectivity index (χ1v) is 18.0.